The number of likely N-dealkylation sites (tertiary alicyclic amines) is 1. The van der Waals surface area contributed by atoms with Gasteiger partial charge in [0, 0.05) is 49.4 Å². The van der Waals surface area contributed by atoms with Crippen molar-refractivity contribution in [1.29, 1.82) is 0 Å². The molecule has 2 amide bonds. The van der Waals surface area contributed by atoms with Crippen molar-refractivity contribution in [3.05, 3.63) is 117 Å². The molecule has 1 aromatic heterocycles. The van der Waals surface area contributed by atoms with Crippen LogP contribution in [0.1, 0.15) is 53.8 Å². The molecular formula is C37H38ClN3O5. The fourth-order valence-corrected chi connectivity index (χ4v) is 6.49. The number of halogens is 1. The van der Waals surface area contributed by atoms with E-state index in [2.05, 4.69) is 34.5 Å². The molecule has 46 heavy (non-hydrogen) atoms. The van der Waals surface area contributed by atoms with Crippen LogP contribution in [0.15, 0.2) is 93.7 Å². The molecule has 3 heterocycles. The quantitative estimate of drug-likeness (QED) is 0.209. The van der Waals surface area contributed by atoms with Crippen LogP contribution < -0.4 is 20.4 Å². The van der Waals surface area contributed by atoms with Crippen molar-refractivity contribution >= 4 is 40.1 Å². The Labute approximate surface area is 273 Å². The van der Waals surface area contributed by atoms with E-state index < -0.39 is 5.91 Å². The average molecular weight is 640 g/mol. The number of hydrogen-bond acceptors (Lipinski definition) is 6. The Morgan fingerprint density at radius 2 is 1.76 bits per heavy atom. The fourth-order valence-electron chi connectivity index (χ4n) is 6.36. The van der Waals surface area contributed by atoms with Gasteiger partial charge in [0.1, 0.15) is 0 Å². The largest absolute Gasteiger partial charge is 0.493 e. The van der Waals surface area contributed by atoms with Gasteiger partial charge in [0.2, 0.25) is 5.91 Å². The molecule has 8 nitrogen and oxygen atoms in total. The molecule has 9 heteroatoms. The van der Waals surface area contributed by atoms with Crippen LogP contribution in [0.5, 0.6) is 5.75 Å². The third kappa shape index (κ3) is 7.29. The van der Waals surface area contributed by atoms with E-state index in [1.165, 1.54) is 30.0 Å². The lowest BCUT2D eigenvalue weighted by molar-refractivity contribution is -0.133. The van der Waals surface area contributed by atoms with E-state index in [4.69, 9.17) is 20.8 Å². The van der Waals surface area contributed by atoms with Gasteiger partial charge in [-0.25, -0.2) is 0 Å². The number of nitrogens with one attached hydrogen (secondary N) is 1. The molecular weight excluding hydrogens is 602 g/mol. The monoisotopic (exact) mass is 639 g/mol. The van der Waals surface area contributed by atoms with E-state index in [0.29, 0.717) is 35.5 Å². The van der Waals surface area contributed by atoms with E-state index in [0.717, 1.165) is 50.9 Å². The topological polar surface area (TPSA) is 92.1 Å². The minimum atomic E-state index is -0.473. The number of piperidine rings is 2. The normalized spacial score (nSPS) is 16.0. The molecule has 238 valence electrons. The first-order chi connectivity index (χ1) is 22.4. The highest BCUT2D eigenvalue weighted by atomic mass is 35.5. The van der Waals surface area contributed by atoms with Gasteiger partial charge < -0.3 is 24.3 Å². The maximum absolute atomic E-state index is 13.5. The third-order valence-corrected chi connectivity index (χ3v) is 9.06. The van der Waals surface area contributed by atoms with Crippen LogP contribution >= 0.6 is 11.6 Å². The second-order valence-electron chi connectivity index (χ2n) is 11.9. The lowest BCUT2D eigenvalue weighted by Crippen LogP contribution is -2.37. The van der Waals surface area contributed by atoms with Crippen molar-refractivity contribution in [3.8, 4) is 5.75 Å². The van der Waals surface area contributed by atoms with E-state index in [1.807, 2.05) is 35.2 Å². The lowest BCUT2D eigenvalue weighted by Gasteiger charge is -2.34. The third-order valence-electron chi connectivity index (χ3n) is 8.81. The number of hydrogen-bond donors (Lipinski definition) is 1. The molecule has 2 aliphatic rings. The van der Waals surface area contributed by atoms with Crippen LogP contribution in [-0.4, -0.2) is 49.5 Å². The molecule has 0 unspecified atom stereocenters. The van der Waals surface area contributed by atoms with E-state index >= 15 is 0 Å². The van der Waals surface area contributed by atoms with Gasteiger partial charge in [-0.3, -0.25) is 14.4 Å². The van der Waals surface area contributed by atoms with Gasteiger partial charge in [0.25, 0.3) is 5.91 Å². The summed E-state index contributed by atoms with van der Waals surface area (Å²) in [5, 5.41) is 4.10. The maximum Gasteiger partial charge on any atom is 0.287 e. The molecule has 0 spiro atoms. The highest BCUT2D eigenvalue weighted by Crippen LogP contribution is 2.29. The Bertz CT molecular complexity index is 1810. The summed E-state index contributed by atoms with van der Waals surface area (Å²) >= 11 is 6.13. The molecule has 1 atom stereocenters. The highest BCUT2D eigenvalue weighted by molar-refractivity contribution is 6.30. The smallest absolute Gasteiger partial charge is 0.287 e. The first-order valence-electron chi connectivity index (χ1n) is 15.8. The molecule has 0 saturated carbocycles. The van der Waals surface area contributed by atoms with Crippen molar-refractivity contribution in [1.82, 2.24) is 10.2 Å². The number of amides is 2. The van der Waals surface area contributed by atoms with Crippen LogP contribution in [0.25, 0.3) is 11.0 Å². The number of carbonyl (C=O) groups is 2. The summed E-state index contributed by atoms with van der Waals surface area (Å²) in [5.74, 6) is 0.0835. The molecule has 2 saturated heterocycles. The minimum Gasteiger partial charge on any atom is -0.493 e. The second-order valence-corrected chi connectivity index (χ2v) is 12.4. The van der Waals surface area contributed by atoms with Gasteiger partial charge in [0.05, 0.1) is 18.5 Å². The number of rotatable bonds is 9. The second kappa shape index (κ2) is 14.3. The highest BCUT2D eigenvalue weighted by Gasteiger charge is 2.23. The SMILES string of the molecule is COc1cccc2c(=O)cc(C(=O)N[C@H](C=C3CCN(c4ccccc4CN4CCCCC4=O)CC3)Cc3ccc(Cl)cc3)oc12. The molecule has 0 aliphatic carbocycles. The summed E-state index contributed by atoms with van der Waals surface area (Å²) in [6.07, 6.45) is 7.03. The van der Waals surface area contributed by atoms with Crippen LogP contribution in [0.4, 0.5) is 5.69 Å². The first kappa shape index (κ1) is 31.4. The van der Waals surface area contributed by atoms with Gasteiger partial charge >= 0.3 is 0 Å². The zero-order valence-corrected chi connectivity index (χ0v) is 26.7. The zero-order valence-electron chi connectivity index (χ0n) is 26.0. The maximum atomic E-state index is 13.5. The summed E-state index contributed by atoms with van der Waals surface area (Å²) in [6.45, 7) is 3.12. The molecule has 2 fully saturated rings. The Morgan fingerprint density at radius 3 is 2.52 bits per heavy atom. The Morgan fingerprint density at radius 1 is 0.978 bits per heavy atom. The van der Waals surface area contributed by atoms with Gasteiger partial charge in [-0.05, 0) is 73.6 Å². The number of nitrogens with zero attached hydrogens (tertiary/aromatic N) is 2. The first-order valence-corrected chi connectivity index (χ1v) is 16.2. The summed E-state index contributed by atoms with van der Waals surface area (Å²) in [5.41, 5.74) is 4.55. The van der Waals surface area contributed by atoms with Crippen molar-refractivity contribution in [2.45, 2.75) is 51.1 Å². The minimum absolute atomic E-state index is 0.0693. The zero-order chi connectivity index (χ0) is 32.0. The number of methoxy groups -OCH3 is 1. The number of anilines is 1. The summed E-state index contributed by atoms with van der Waals surface area (Å²) in [7, 11) is 1.50. The van der Waals surface area contributed by atoms with E-state index in [9.17, 15) is 14.4 Å². The number of benzene rings is 3. The standard InChI is InChI=1S/C37H38ClN3O5/c1-45-33-10-6-8-30-32(42)23-34(46-36(30)33)37(44)39-29(21-25-12-14-28(38)15-13-25)22-26-16-19-40(20-17-26)31-9-3-2-7-27(31)24-41-18-5-4-11-35(41)43/h2-3,6-10,12-15,22-23,29H,4-5,11,16-21,24H2,1H3,(H,39,44)/t29-/m0/s1. The van der Waals surface area contributed by atoms with E-state index in [-0.39, 0.29) is 28.7 Å². The lowest BCUT2D eigenvalue weighted by atomic mass is 9.97. The molecule has 2 aliphatic heterocycles. The van der Waals surface area contributed by atoms with Crippen LogP contribution in [-0.2, 0) is 17.8 Å². The number of carbonyl (C=O) groups excluding carboxylic acids is 2. The van der Waals surface area contributed by atoms with Crippen molar-refractivity contribution in [3.63, 3.8) is 0 Å². The molecule has 0 radical (unpaired) electrons. The van der Waals surface area contributed by atoms with Crippen molar-refractivity contribution in [2.24, 2.45) is 0 Å². The van der Waals surface area contributed by atoms with Crippen LogP contribution in [0, 0.1) is 0 Å². The van der Waals surface area contributed by atoms with Gasteiger partial charge in [-0.1, -0.05) is 59.6 Å². The van der Waals surface area contributed by atoms with Gasteiger partial charge in [-0.15, -0.1) is 0 Å². The molecule has 0 bridgehead atoms. The summed E-state index contributed by atoms with van der Waals surface area (Å²) in [6, 6.07) is 21.9. The number of fused-ring (bicyclic) bond motifs is 1. The van der Waals surface area contributed by atoms with Crippen molar-refractivity contribution < 1.29 is 18.7 Å². The number of ether oxygens (including phenoxy) is 1. The predicted octanol–water partition coefficient (Wildman–Crippen LogP) is 6.54. The number of para-hydroxylation sites is 2. The summed E-state index contributed by atoms with van der Waals surface area (Å²) in [4.78, 5) is 43.2. The summed E-state index contributed by atoms with van der Waals surface area (Å²) < 4.78 is 11.3. The average Bonchev–Trinajstić information content (AvgIpc) is 3.07. The molecule has 3 aromatic carbocycles. The van der Waals surface area contributed by atoms with Gasteiger partial charge in [0.15, 0.2) is 22.5 Å². The Balaban J connectivity index is 1.20. The molecule has 1 N–H and O–H groups in total. The van der Waals surface area contributed by atoms with Gasteiger partial charge in [-0.2, -0.15) is 0 Å². The molecule has 6 rings (SSSR count). The van der Waals surface area contributed by atoms with Crippen LogP contribution in [0.3, 0.4) is 0 Å². The van der Waals surface area contributed by atoms with Crippen LogP contribution in [0.2, 0.25) is 5.02 Å². The Kier molecular flexibility index (Phi) is 9.73. The predicted molar refractivity (Wildman–Crippen MR) is 181 cm³/mol. The van der Waals surface area contributed by atoms with E-state index in [1.54, 1.807) is 18.2 Å². The fraction of sp³-hybridized carbons (Fsp3) is 0.324. The Hall–Kier alpha value is -4.56. The molecule has 4 aromatic rings. The van der Waals surface area contributed by atoms with Crippen molar-refractivity contribution in [2.75, 3.05) is 31.6 Å².